The maximum Gasteiger partial charge on any atom is 0.264 e. The maximum absolute atomic E-state index is 10.4. The van der Waals surface area contributed by atoms with E-state index in [4.69, 9.17) is 11.5 Å². The lowest BCUT2D eigenvalue weighted by Gasteiger charge is -1.98. The molecule has 52 valence electrons. The highest BCUT2D eigenvalue weighted by Crippen LogP contribution is 1.81. The number of hydrogen-bond donors (Lipinski definition) is 3. The third-order valence-electron chi connectivity index (χ3n) is 0.857. The van der Waals surface area contributed by atoms with E-state index < -0.39 is 5.91 Å². The van der Waals surface area contributed by atoms with E-state index in [9.17, 15) is 4.79 Å². The molecule has 9 heavy (non-hydrogen) atoms. The standard InChI is InChI=1S/C5H11N3O/c1-8-4(2-3-6)5(7)9/h2,8H,3,6H2,1H3,(H2,7,9)/b4-2-. The van der Waals surface area contributed by atoms with E-state index in [2.05, 4.69) is 5.32 Å². The Hall–Kier alpha value is -1.03. The molecule has 0 aliphatic carbocycles. The van der Waals surface area contributed by atoms with Crippen molar-refractivity contribution >= 4 is 5.91 Å². The highest BCUT2D eigenvalue weighted by Gasteiger charge is 1.97. The van der Waals surface area contributed by atoms with E-state index in [1.54, 1.807) is 7.05 Å². The largest absolute Gasteiger partial charge is 0.384 e. The summed E-state index contributed by atoms with van der Waals surface area (Å²) in [5.74, 6) is -0.483. The van der Waals surface area contributed by atoms with Crippen LogP contribution in [0.4, 0.5) is 0 Å². The Morgan fingerprint density at radius 1 is 1.78 bits per heavy atom. The molecule has 0 aliphatic rings. The molecule has 0 heterocycles. The van der Waals surface area contributed by atoms with Gasteiger partial charge < -0.3 is 16.8 Å². The number of carbonyl (C=O) groups is 1. The number of nitrogens with two attached hydrogens (primary N) is 2. The van der Waals surface area contributed by atoms with Crippen molar-refractivity contribution in [2.24, 2.45) is 11.5 Å². The second-order valence-corrected chi connectivity index (χ2v) is 1.47. The van der Waals surface area contributed by atoms with Gasteiger partial charge >= 0.3 is 0 Å². The molecule has 0 unspecified atom stereocenters. The van der Waals surface area contributed by atoms with Gasteiger partial charge in [-0.05, 0) is 6.08 Å². The molecule has 0 aliphatic heterocycles. The van der Waals surface area contributed by atoms with Gasteiger partial charge in [0.25, 0.3) is 5.91 Å². The summed E-state index contributed by atoms with van der Waals surface area (Å²) in [5.41, 5.74) is 10.4. The number of likely N-dealkylation sites (N-methyl/N-ethyl adjacent to an activating group) is 1. The Morgan fingerprint density at radius 3 is 2.44 bits per heavy atom. The number of nitrogens with one attached hydrogen (secondary N) is 1. The molecule has 1 amide bonds. The quantitative estimate of drug-likeness (QED) is 0.407. The molecule has 0 radical (unpaired) electrons. The lowest BCUT2D eigenvalue weighted by Crippen LogP contribution is -2.24. The molecule has 0 atom stereocenters. The molecule has 0 saturated carbocycles. The monoisotopic (exact) mass is 129 g/mol. The smallest absolute Gasteiger partial charge is 0.264 e. The minimum Gasteiger partial charge on any atom is -0.384 e. The van der Waals surface area contributed by atoms with Crippen LogP contribution < -0.4 is 16.8 Å². The summed E-state index contributed by atoms with van der Waals surface area (Å²) >= 11 is 0. The third-order valence-corrected chi connectivity index (χ3v) is 0.857. The van der Waals surface area contributed by atoms with E-state index in [0.717, 1.165) is 0 Å². The van der Waals surface area contributed by atoms with Crippen LogP contribution in [-0.2, 0) is 4.79 Å². The van der Waals surface area contributed by atoms with Gasteiger partial charge in [0.1, 0.15) is 0 Å². The van der Waals surface area contributed by atoms with Crippen LogP contribution in [0.5, 0.6) is 0 Å². The zero-order valence-electron chi connectivity index (χ0n) is 5.35. The fraction of sp³-hybridized carbons (Fsp3) is 0.400. The zero-order chi connectivity index (χ0) is 7.28. The number of carbonyl (C=O) groups excluding carboxylic acids is 1. The van der Waals surface area contributed by atoms with Crippen molar-refractivity contribution < 1.29 is 4.79 Å². The SMILES string of the molecule is CN/C(=C\CN)C(N)=O. The first-order valence-electron chi connectivity index (χ1n) is 2.60. The number of amides is 1. The maximum atomic E-state index is 10.4. The second kappa shape index (κ2) is 3.91. The Bertz CT molecular complexity index is 130. The highest BCUT2D eigenvalue weighted by molar-refractivity contribution is 5.91. The van der Waals surface area contributed by atoms with Gasteiger partial charge in [0.15, 0.2) is 0 Å². The molecule has 0 aromatic heterocycles. The topological polar surface area (TPSA) is 81.1 Å². The average molecular weight is 129 g/mol. The number of primary amides is 1. The zero-order valence-corrected chi connectivity index (χ0v) is 5.35. The predicted molar refractivity (Wildman–Crippen MR) is 35.4 cm³/mol. The Kier molecular flexibility index (Phi) is 3.46. The summed E-state index contributed by atoms with van der Waals surface area (Å²) in [7, 11) is 1.62. The summed E-state index contributed by atoms with van der Waals surface area (Å²) in [6.07, 6.45) is 1.53. The summed E-state index contributed by atoms with van der Waals surface area (Å²) < 4.78 is 0. The van der Waals surface area contributed by atoms with Crippen LogP contribution in [0.3, 0.4) is 0 Å². The van der Waals surface area contributed by atoms with Crippen molar-refractivity contribution in [3.05, 3.63) is 11.8 Å². The van der Waals surface area contributed by atoms with Crippen molar-refractivity contribution in [2.75, 3.05) is 13.6 Å². The summed E-state index contributed by atoms with van der Waals surface area (Å²) in [4.78, 5) is 10.4. The molecule has 4 heteroatoms. The second-order valence-electron chi connectivity index (χ2n) is 1.47. The fourth-order valence-corrected chi connectivity index (χ4v) is 0.444. The Balaban J connectivity index is 3.98. The molecule has 0 spiro atoms. The van der Waals surface area contributed by atoms with Crippen LogP contribution in [0.2, 0.25) is 0 Å². The van der Waals surface area contributed by atoms with Crippen LogP contribution in [0.15, 0.2) is 11.8 Å². The first kappa shape index (κ1) is 7.97. The van der Waals surface area contributed by atoms with Crippen molar-refractivity contribution in [1.82, 2.24) is 5.32 Å². The lowest BCUT2D eigenvalue weighted by atomic mass is 10.4. The van der Waals surface area contributed by atoms with Gasteiger partial charge in [-0.25, -0.2) is 0 Å². The molecule has 0 aromatic rings. The predicted octanol–water partition coefficient (Wildman–Crippen LogP) is -1.47. The van der Waals surface area contributed by atoms with Crippen LogP contribution in [0.25, 0.3) is 0 Å². The molecule has 0 aromatic carbocycles. The van der Waals surface area contributed by atoms with Gasteiger partial charge in [0.05, 0.1) is 5.70 Å². The molecule has 4 nitrogen and oxygen atoms in total. The average Bonchev–Trinajstić information content (AvgIpc) is 1.82. The van der Waals surface area contributed by atoms with Crippen molar-refractivity contribution in [1.29, 1.82) is 0 Å². The number of rotatable bonds is 3. The molecule has 0 rings (SSSR count). The summed E-state index contributed by atoms with van der Waals surface area (Å²) in [6, 6.07) is 0. The summed E-state index contributed by atoms with van der Waals surface area (Å²) in [6.45, 7) is 0.319. The van der Waals surface area contributed by atoms with E-state index in [0.29, 0.717) is 12.2 Å². The first-order chi connectivity index (χ1) is 4.22. The Morgan fingerprint density at radius 2 is 2.33 bits per heavy atom. The normalized spacial score (nSPS) is 11.1. The summed E-state index contributed by atoms with van der Waals surface area (Å²) in [5, 5.41) is 2.61. The molecular formula is C5H11N3O. The van der Waals surface area contributed by atoms with Gasteiger partial charge in [-0.2, -0.15) is 0 Å². The van der Waals surface area contributed by atoms with Crippen molar-refractivity contribution in [3.63, 3.8) is 0 Å². The lowest BCUT2D eigenvalue weighted by molar-refractivity contribution is -0.114. The van der Waals surface area contributed by atoms with E-state index in [1.165, 1.54) is 6.08 Å². The molecule has 5 N–H and O–H groups in total. The molecule has 0 bridgehead atoms. The van der Waals surface area contributed by atoms with Crippen LogP contribution >= 0.6 is 0 Å². The Labute approximate surface area is 53.9 Å². The molecular weight excluding hydrogens is 118 g/mol. The fourth-order valence-electron chi connectivity index (χ4n) is 0.444. The third kappa shape index (κ3) is 2.71. The minimum atomic E-state index is -0.483. The van der Waals surface area contributed by atoms with E-state index >= 15 is 0 Å². The van der Waals surface area contributed by atoms with Gasteiger partial charge in [0, 0.05) is 13.6 Å². The van der Waals surface area contributed by atoms with Crippen LogP contribution in [0, 0.1) is 0 Å². The van der Waals surface area contributed by atoms with Crippen molar-refractivity contribution in [3.8, 4) is 0 Å². The van der Waals surface area contributed by atoms with Gasteiger partial charge in [-0.15, -0.1) is 0 Å². The van der Waals surface area contributed by atoms with Gasteiger partial charge in [-0.1, -0.05) is 0 Å². The minimum absolute atomic E-state index is 0.319. The first-order valence-corrected chi connectivity index (χ1v) is 2.60. The van der Waals surface area contributed by atoms with E-state index in [-0.39, 0.29) is 0 Å². The van der Waals surface area contributed by atoms with Gasteiger partial charge in [0.2, 0.25) is 0 Å². The van der Waals surface area contributed by atoms with Gasteiger partial charge in [-0.3, -0.25) is 4.79 Å². The number of hydrogen-bond acceptors (Lipinski definition) is 3. The van der Waals surface area contributed by atoms with Crippen molar-refractivity contribution in [2.45, 2.75) is 0 Å². The van der Waals surface area contributed by atoms with Crippen LogP contribution in [0.1, 0.15) is 0 Å². The molecule has 0 fully saturated rings. The molecule has 0 saturated heterocycles. The van der Waals surface area contributed by atoms with Crippen LogP contribution in [-0.4, -0.2) is 19.5 Å². The highest BCUT2D eigenvalue weighted by atomic mass is 16.1. The van der Waals surface area contributed by atoms with E-state index in [1.807, 2.05) is 0 Å².